The Balaban J connectivity index is 1.49. The molecule has 2 aromatic carbocycles. The number of hydrogen-bond acceptors (Lipinski definition) is 2. The Labute approximate surface area is 137 Å². The van der Waals surface area contributed by atoms with Gasteiger partial charge in [-0.3, -0.25) is 4.79 Å². The van der Waals surface area contributed by atoms with Gasteiger partial charge in [0, 0.05) is 12.1 Å². The molecule has 0 heterocycles. The molecule has 2 aromatic rings. The van der Waals surface area contributed by atoms with Gasteiger partial charge in [-0.25, -0.2) is 0 Å². The first kappa shape index (κ1) is 15.6. The number of benzene rings is 2. The van der Waals surface area contributed by atoms with Crippen molar-refractivity contribution in [1.82, 2.24) is 5.32 Å². The summed E-state index contributed by atoms with van der Waals surface area (Å²) >= 11 is 0. The van der Waals surface area contributed by atoms with Gasteiger partial charge in [-0.1, -0.05) is 43.2 Å². The van der Waals surface area contributed by atoms with E-state index in [4.69, 9.17) is 4.74 Å². The molecule has 120 valence electrons. The van der Waals surface area contributed by atoms with E-state index in [1.165, 1.54) is 25.7 Å². The molecule has 1 fully saturated rings. The van der Waals surface area contributed by atoms with Crippen LogP contribution in [0.2, 0.25) is 0 Å². The Bertz CT molecular complexity index is 616. The summed E-state index contributed by atoms with van der Waals surface area (Å²) < 4.78 is 5.74. The fourth-order valence-corrected chi connectivity index (χ4v) is 3.00. The van der Waals surface area contributed by atoms with Gasteiger partial charge in [-0.15, -0.1) is 0 Å². The molecular weight excluding hydrogens is 286 g/mol. The topological polar surface area (TPSA) is 38.3 Å². The molecule has 0 radical (unpaired) electrons. The van der Waals surface area contributed by atoms with Gasteiger partial charge in [0.2, 0.25) is 0 Å². The number of nitrogens with one attached hydrogen (secondary N) is 1. The van der Waals surface area contributed by atoms with E-state index >= 15 is 0 Å². The van der Waals surface area contributed by atoms with Gasteiger partial charge in [-0.05, 0) is 48.6 Å². The highest BCUT2D eigenvalue weighted by atomic mass is 16.5. The van der Waals surface area contributed by atoms with Gasteiger partial charge in [0.15, 0.2) is 0 Å². The third-order valence-corrected chi connectivity index (χ3v) is 4.39. The number of carbonyl (C=O) groups excluding carboxylic acids is 1. The van der Waals surface area contributed by atoms with Gasteiger partial charge in [0.25, 0.3) is 5.91 Å². The minimum Gasteiger partial charge on any atom is -0.489 e. The molecule has 0 saturated heterocycles. The van der Waals surface area contributed by atoms with Crippen LogP contribution in [0.3, 0.4) is 0 Å². The first-order chi connectivity index (χ1) is 11.3. The molecule has 0 bridgehead atoms. The van der Waals surface area contributed by atoms with Crippen molar-refractivity contribution in [3.63, 3.8) is 0 Å². The predicted molar refractivity (Wildman–Crippen MR) is 91.5 cm³/mol. The van der Waals surface area contributed by atoms with Gasteiger partial charge in [0.05, 0.1) is 0 Å². The summed E-state index contributed by atoms with van der Waals surface area (Å²) in [7, 11) is 0. The largest absolute Gasteiger partial charge is 0.489 e. The van der Waals surface area contributed by atoms with Gasteiger partial charge in [-0.2, -0.15) is 0 Å². The van der Waals surface area contributed by atoms with Crippen molar-refractivity contribution in [3.05, 3.63) is 65.7 Å². The molecule has 1 amide bonds. The lowest BCUT2D eigenvalue weighted by Crippen LogP contribution is -2.28. The lowest BCUT2D eigenvalue weighted by molar-refractivity contribution is 0.0947. The lowest BCUT2D eigenvalue weighted by Gasteiger charge is -2.11. The van der Waals surface area contributed by atoms with E-state index in [0.29, 0.717) is 18.1 Å². The van der Waals surface area contributed by atoms with Gasteiger partial charge in [0.1, 0.15) is 12.4 Å². The number of rotatable bonds is 6. The molecule has 0 unspecified atom stereocenters. The zero-order valence-corrected chi connectivity index (χ0v) is 13.3. The second-order valence-electron chi connectivity index (χ2n) is 6.16. The maximum Gasteiger partial charge on any atom is 0.251 e. The van der Waals surface area contributed by atoms with Crippen LogP contribution in [0, 0.1) is 5.92 Å². The van der Waals surface area contributed by atoms with Crippen molar-refractivity contribution in [2.45, 2.75) is 32.3 Å². The highest BCUT2D eigenvalue weighted by Gasteiger charge is 2.16. The molecule has 1 N–H and O–H groups in total. The number of amides is 1. The van der Waals surface area contributed by atoms with Crippen molar-refractivity contribution in [3.8, 4) is 5.75 Å². The van der Waals surface area contributed by atoms with Crippen LogP contribution in [-0.4, -0.2) is 12.5 Å². The molecule has 0 aromatic heterocycles. The van der Waals surface area contributed by atoms with Crippen molar-refractivity contribution >= 4 is 5.91 Å². The average Bonchev–Trinajstić information content (AvgIpc) is 3.13. The molecule has 1 aliphatic carbocycles. The summed E-state index contributed by atoms with van der Waals surface area (Å²) in [6.45, 7) is 1.33. The minimum atomic E-state index is 0.00603. The Hall–Kier alpha value is -2.29. The summed E-state index contributed by atoms with van der Waals surface area (Å²) in [6.07, 6.45) is 5.08. The molecule has 3 rings (SSSR count). The van der Waals surface area contributed by atoms with Gasteiger partial charge < -0.3 is 10.1 Å². The summed E-state index contributed by atoms with van der Waals surface area (Å²) in [4.78, 5) is 12.1. The van der Waals surface area contributed by atoms with E-state index < -0.39 is 0 Å². The van der Waals surface area contributed by atoms with Crippen LogP contribution >= 0.6 is 0 Å². The van der Waals surface area contributed by atoms with Crippen LogP contribution < -0.4 is 10.1 Å². The fraction of sp³-hybridized carbons (Fsp3) is 0.350. The van der Waals surface area contributed by atoms with E-state index in [1.54, 1.807) is 0 Å². The standard InChI is InChI=1S/C20H23NO2/c22-20(21-14-16-6-4-5-7-16)18-10-12-19(13-11-18)23-15-17-8-2-1-3-9-17/h1-3,8-13,16H,4-7,14-15H2,(H,21,22). The van der Waals surface area contributed by atoms with Crippen LogP contribution in [0.5, 0.6) is 5.75 Å². The first-order valence-corrected chi connectivity index (χ1v) is 8.36. The Morgan fingerprint density at radius 1 is 1.00 bits per heavy atom. The van der Waals surface area contributed by atoms with Crippen molar-refractivity contribution in [2.75, 3.05) is 6.54 Å². The molecule has 0 aliphatic heterocycles. The number of carbonyl (C=O) groups is 1. The van der Waals surface area contributed by atoms with Crippen LogP contribution in [0.15, 0.2) is 54.6 Å². The Kier molecular flexibility index (Phi) is 5.30. The maximum absolute atomic E-state index is 12.1. The van der Waals surface area contributed by atoms with Gasteiger partial charge >= 0.3 is 0 Å². The summed E-state index contributed by atoms with van der Waals surface area (Å²) in [5.41, 5.74) is 1.82. The second kappa shape index (κ2) is 7.82. The molecule has 3 heteroatoms. The second-order valence-corrected chi connectivity index (χ2v) is 6.16. The zero-order valence-electron chi connectivity index (χ0n) is 13.3. The highest BCUT2D eigenvalue weighted by molar-refractivity contribution is 5.94. The summed E-state index contributed by atoms with van der Waals surface area (Å²) in [5, 5.41) is 3.04. The third kappa shape index (κ3) is 4.59. The van der Waals surface area contributed by atoms with Crippen molar-refractivity contribution in [1.29, 1.82) is 0 Å². The van der Waals surface area contributed by atoms with Crippen LogP contribution in [0.1, 0.15) is 41.6 Å². The number of ether oxygens (including phenoxy) is 1. The molecular formula is C20H23NO2. The SMILES string of the molecule is O=C(NCC1CCCC1)c1ccc(OCc2ccccc2)cc1. The average molecular weight is 309 g/mol. The zero-order chi connectivity index (χ0) is 15.9. The normalized spacial score (nSPS) is 14.6. The summed E-state index contributed by atoms with van der Waals surface area (Å²) in [6, 6.07) is 17.4. The Morgan fingerprint density at radius 3 is 2.39 bits per heavy atom. The summed E-state index contributed by atoms with van der Waals surface area (Å²) in [5.74, 6) is 1.44. The maximum atomic E-state index is 12.1. The highest BCUT2D eigenvalue weighted by Crippen LogP contribution is 2.23. The fourth-order valence-electron chi connectivity index (χ4n) is 3.00. The van der Waals surface area contributed by atoms with E-state index in [2.05, 4.69) is 5.32 Å². The molecule has 0 spiro atoms. The van der Waals surface area contributed by atoms with Crippen LogP contribution in [0.4, 0.5) is 0 Å². The van der Waals surface area contributed by atoms with Crippen molar-refractivity contribution in [2.24, 2.45) is 5.92 Å². The lowest BCUT2D eigenvalue weighted by atomic mass is 10.1. The minimum absolute atomic E-state index is 0.00603. The predicted octanol–water partition coefficient (Wildman–Crippen LogP) is 4.19. The van der Waals surface area contributed by atoms with Crippen LogP contribution in [-0.2, 0) is 6.61 Å². The number of hydrogen-bond donors (Lipinski definition) is 1. The third-order valence-electron chi connectivity index (χ3n) is 4.39. The van der Waals surface area contributed by atoms with Crippen molar-refractivity contribution < 1.29 is 9.53 Å². The molecule has 23 heavy (non-hydrogen) atoms. The molecule has 1 aliphatic rings. The molecule has 3 nitrogen and oxygen atoms in total. The van der Waals surface area contributed by atoms with E-state index in [0.717, 1.165) is 17.9 Å². The molecule has 0 atom stereocenters. The quantitative estimate of drug-likeness (QED) is 0.869. The van der Waals surface area contributed by atoms with Crippen LogP contribution in [0.25, 0.3) is 0 Å². The smallest absolute Gasteiger partial charge is 0.251 e. The van der Waals surface area contributed by atoms with E-state index in [9.17, 15) is 4.79 Å². The first-order valence-electron chi connectivity index (χ1n) is 8.36. The Morgan fingerprint density at radius 2 is 1.70 bits per heavy atom. The monoisotopic (exact) mass is 309 g/mol. The van der Waals surface area contributed by atoms with E-state index in [-0.39, 0.29) is 5.91 Å². The molecule has 1 saturated carbocycles. The van der Waals surface area contributed by atoms with E-state index in [1.807, 2.05) is 54.6 Å².